The SMILES string of the molecule is C=Cc1ccc([Si](CC)(CC)N(CCCC)CCCC)cc1. The van der Waals surface area contributed by atoms with Crippen molar-refractivity contribution in [3.05, 3.63) is 36.4 Å². The van der Waals surface area contributed by atoms with Crippen molar-refractivity contribution in [1.82, 2.24) is 4.57 Å². The Morgan fingerprint density at radius 2 is 1.41 bits per heavy atom. The van der Waals surface area contributed by atoms with E-state index < -0.39 is 8.24 Å². The fraction of sp³-hybridized carbons (Fsp3) is 0.600. The zero-order chi connectivity index (χ0) is 16.4. The molecule has 1 aromatic carbocycles. The van der Waals surface area contributed by atoms with Crippen molar-refractivity contribution >= 4 is 19.5 Å². The molecule has 0 saturated heterocycles. The Hall–Kier alpha value is -0.863. The maximum atomic E-state index is 3.88. The second kappa shape index (κ2) is 10.0. The van der Waals surface area contributed by atoms with Gasteiger partial charge in [-0.15, -0.1) is 0 Å². The minimum absolute atomic E-state index is 1.23. The first-order chi connectivity index (χ1) is 10.7. The van der Waals surface area contributed by atoms with Crippen LogP contribution >= 0.6 is 0 Å². The van der Waals surface area contributed by atoms with Gasteiger partial charge < -0.3 is 4.57 Å². The Labute approximate surface area is 139 Å². The first-order valence-electron chi connectivity index (χ1n) is 9.16. The van der Waals surface area contributed by atoms with Gasteiger partial charge in [0.25, 0.3) is 0 Å². The Balaban J connectivity index is 3.13. The maximum Gasteiger partial charge on any atom is 0.159 e. The summed E-state index contributed by atoms with van der Waals surface area (Å²) in [5.74, 6) is 0. The molecule has 0 aliphatic heterocycles. The van der Waals surface area contributed by atoms with Crippen LogP contribution in [0.2, 0.25) is 12.1 Å². The minimum atomic E-state index is -1.56. The second-order valence-electron chi connectivity index (χ2n) is 6.26. The highest BCUT2D eigenvalue weighted by Gasteiger charge is 2.37. The maximum absolute atomic E-state index is 3.88. The van der Waals surface area contributed by atoms with Crippen LogP contribution in [0.4, 0.5) is 0 Å². The van der Waals surface area contributed by atoms with Gasteiger partial charge in [-0.2, -0.15) is 0 Å². The van der Waals surface area contributed by atoms with Crippen molar-refractivity contribution in [2.75, 3.05) is 13.1 Å². The van der Waals surface area contributed by atoms with E-state index in [0.29, 0.717) is 0 Å². The Morgan fingerprint density at radius 3 is 1.77 bits per heavy atom. The molecule has 1 rings (SSSR count). The third-order valence-electron chi connectivity index (χ3n) is 5.02. The predicted molar refractivity (Wildman–Crippen MR) is 104 cm³/mol. The first-order valence-corrected chi connectivity index (χ1v) is 11.5. The summed E-state index contributed by atoms with van der Waals surface area (Å²) in [5.41, 5.74) is 1.23. The predicted octanol–water partition coefficient (Wildman–Crippen LogP) is 5.42. The van der Waals surface area contributed by atoms with E-state index in [1.54, 1.807) is 5.19 Å². The molecule has 1 nitrogen and oxygen atoms in total. The highest BCUT2D eigenvalue weighted by atomic mass is 28.3. The van der Waals surface area contributed by atoms with Crippen molar-refractivity contribution < 1.29 is 0 Å². The van der Waals surface area contributed by atoms with Gasteiger partial charge in [-0.05, 0) is 48.8 Å². The summed E-state index contributed by atoms with van der Waals surface area (Å²) in [7, 11) is -1.56. The summed E-state index contributed by atoms with van der Waals surface area (Å²) in [6.07, 6.45) is 7.16. The van der Waals surface area contributed by atoms with Gasteiger partial charge in [-0.25, -0.2) is 0 Å². The Morgan fingerprint density at radius 1 is 0.909 bits per heavy atom. The normalized spacial score (nSPS) is 11.9. The molecule has 0 spiro atoms. The molecule has 22 heavy (non-hydrogen) atoms. The molecule has 0 aliphatic carbocycles. The summed E-state index contributed by atoms with van der Waals surface area (Å²) in [6, 6.07) is 11.9. The topological polar surface area (TPSA) is 3.24 Å². The van der Waals surface area contributed by atoms with Crippen LogP contribution in [0.5, 0.6) is 0 Å². The minimum Gasteiger partial charge on any atom is -0.320 e. The lowest BCUT2D eigenvalue weighted by Gasteiger charge is -2.42. The number of benzene rings is 1. The average molecular weight is 318 g/mol. The summed E-state index contributed by atoms with van der Waals surface area (Å²) in [4.78, 5) is 0. The van der Waals surface area contributed by atoms with Crippen molar-refractivity contribution in [3.8, 4) is 0 Å². The van der Waals surface area contributed by atoms with Crippen LogP contribution < -0.4 is 5.19 Å². The Bertz CT molecular complexity index is 412. The summed E-state index contributed by atoms with van der Waals surface area (Å²) >= 11 is 0. The van der Waals surface area contributed by atoms with Gasteiger partial charge in [-0.1, -0.05) is 77.5 Å². The van der Waals surface area contributed by atoms with E-state index in [2.05, 4.69) is 63.1 Å². The van der Waals surface area contributed by atoms with Gasteiger partial charge in [-0.3, -0.25) is 0 Å². The van der Waals surface area contributed by atoms with Crippen LogP contribution in [0.3, 0.4) is 0 Å². The molecule has 0 bridgehead atoms. The molecule has 0 aliphatic rings. The molecule has 0 radical (unpaired) electrons. The molecule has 0 heterocycles. The summed E-state index contributed by atoms with van der Waals surface area (Å²) < 4.78 is 2.89. The zero-order valence-corrected chi connectivity index (χ0v) is 16.2. The van der Waals surface area contributed by atoms with E-state index in [-0.39, 0.29) is 0 Å². The largest absolute Gasteiger partial charge is 0.320 e. The van der Waals surface area contributed by atoms with Crippen LogP contribution in [0.15, 0.2) is 30.8 Å². The lowest BCUT2D eigenvalue weighted by molar-refractivity contribution is 0.399. The quantitative estimate of drug-likeness (QED) is 0.492. The van der Waals surface area contributed by atoms with Crippen LogP contribution in [-0.4, -0.2) is 25.9 Å². The molecular formula is C20H35NSi. The van der Waals surface area contributed by atoms with Crippen LogP contribution in [0, 0.1) is 0 Å². The molecule has 0 fully saturated rings. The molecule has 0 N–H and O–H groups in total. The number of unbranched alkanes of at least 4 members (excludes halogenated alkanes) is 2. The number of rotatable bonds is 11. The van der Waals surface area contributed by atoms with Crippen molar-refractivity contribution in [3.63, 3.8) is 0 Å². The molecule has 0 aromatic heterocycles. The van der Waals surface area contributed by atoms with Gasteiger partial charge in [0.15, 0.2) is 8.24 Å². The molecule has 0 saturated carbocycles. The van der Waals surface area contributed by atoms with Crippen molar-refractivity contribution in [2.24, 2.45) is 0 Å². The summed E-state index contributed by atoms with van der Waals surface area (Å²) in [6.45, 7) is 15.8. The summed E-state index contributed by atoms with van der Waals surface area (Å²) in [5, 5.41) is 1.61. The molecule has 0 unspecified atom stereocenters. The van der Waals surface area contributed by atoms with E-state index in [0.717, 1.165) is 0 Å². The van der Waals surface area contributed by atoms with Gasteiger partial charge in [0, 0.05) is 0 Å². The van der Waals surface area contributed by atoms with Crippen LogP contribution in [0.25, 0.3) is 6.08 Å². The first kappa shape index (κ1) is 19.2. The lowest BCUT2D eigenvalue weighted by atomic mass is 10.2. The van der Waals surface area contributed by atoms with Gasteiger partial charge >= 0.3 is 0 Å². The molecule has 1 aromatic rings. The van der Waals surface area contributed by atoms with Gasteiger partial charge in [0.05, 0.1) is 0 Å². The number of hydrogen-bond acceptors (Lipinski definition) is 1. The lowest BCUT2D eigenvalue weighted by Crippen LogP contribution is -2.62. The fourth-order valence-electron chi connectivity index (χ4n) is 3.46. The van der Waals surface area contributed by atoms with Gasteiger partial charge in [0.1, 0.15) is 0 Å². The molecule has 124 valence electrons. The third kappa shape index (κ3) is 4.56. The van der Waals surface area contributed by atoms with Crippen molar-refractivity contribution in [2.45, 2.75) is 65.5 Å². The van der Waals surface area contributed by atoms with Gasteiger partial charge in [0.2, 0.25) is 0 Å². The van der Waals surface area contributed by atoms with E-state index >= 15 is 0 Å². The highest BCUT2D eigenvalue weighted by Crippen LogP contribution is 2.22. The third-order valence-corrected chi connectivity index (χ3v) is 10.4. The monoisotopic (exact) mass is 317 g/mol. The molecule has 2 heteroatoms. The highest BCUT2D eigenvalue weighted by molar-refractivity contribution is 6.89. The number of hydrogen-bond donors (Lipinski definition) is 0. The van der Waals surface area contributed by atoms with Crippen LogP contribution in [0.1, 0.15) is 58.9 Å². The van der Waals surface area contributed by atoms with Crippen molar-refractivity contribution in [1.29, 1.82) is 0 Å². The average Bonchev–Trinajstić information content (AvgIpc) is 2.58. The molecule has 0 amide bonds. The Kier molecular flexibility index (Phi) is 8.73. The zero-order valence-electron chi connectivity index (χ0n) is 15.2. The van der Waals surface area contributed by atoms with E-state index in [9.17, 15) is 0 Å². The fourth-order valence-corrected chi connectivity index (χ4v) is 7.99. The number of nitrogens with zero attached hydrogens (tertiary/aromatic N) is 1. The van der Waals surface area contributed by atoms with Crippen LogP contribution in [-0.2, 0) is 0 Å². The molecule has 0 atom stereocenters. The van der Waals surface area contributed by atoms with E-state index in [4.69, 9.17) is 0 Å². The smallest absolute Gasteiger partial charge is 0.159 e. The van der Waals surface area contributed by atoms with E-state index in [1.807, 2.05) is 6.08 Å². The standard InChI is InChI=1S/C20H35NSi/c1-6-11-17-21(18-12-7-2)22(9-4,10-5)20-15-13-19(8-3)14-16-20/h8,13-16H,3,6-7,9-12,17-18H2,1-2,4-5H3. The molecular weight excluding hydrogens is 282 g/mol. The van der Waals surface area contributed by atoms with E-state index in [1.165, 1.54) is 56.4 Å². The second-order valence-corrected chi connectivity index (χ2v) is 10.9.